The molecule has 0 saturated carbocycles. The van der Waals surface area contributed by atoms with E-state index in [0.717, 1.165) is 37.6 Å². The maximum atomic E-state index is 13.3. The van der Waals surface area contributed by atoms with E-state index in [9.17, 15) is 9.18 Å². The molecule has 1 amide bonds. The predicted octanol–water partition coefficient (Wildman–Crippen LogP) is 2.76. The molecular formula is C19H26FN5O. The Labute approximate surface area is 153 Å². The number of aromatic nitrogens is 3. The third-order valence-corrected chi connectivity index (χ3v) is 5.11. The van der Waals surface area contributed by atoms with Crippen LogP contribution in [0.15, 0.2) is 18.2 Å². The molecule has 2 unspecified atom stereocenters. The van der Waals surface area contributed by atoms with E-state index in [4.69, 9.17) is 0 Å². The third-order valence-electron chi connectivity index (χ3n) is 5.11. The van der Waals surface area contributed by atoms with Gasteiger partial charge in [-0.2, -0.15) is 5.10 Å². The van der Waals surface area contributed by atoms with Crippen molar-refractivity contribution in [2.24, 2.45) is 5.92 Å². The fraction of sp³-hybridized carbons (Fsp3) is 0.526. The lowest BCUT2D eigenvalue weighted by Crippen LogP contribution is -2.28. The lowest BCUT2D eigenvalue weighted by molar-refractivity contribution is 0.0951. The summed E-state index contributed by atoms with van der Waals surface area (Å²) in [6.07, 6.45) is 2.04. The molecule has 1 saturated heterocycles. The summed E-state index contributed by atoms with van der Waals surface area (Å²) in [5.74, 6) is 1.79. The van der Waals surface area contributed by atoms with Gasteiger partial charge in [-0.1, -0.05) is 0 Å². The number of aryl methyl sites for hydroxylation is 2. The molecule has 1 fully saturated rings. The summed E-state index contributed by atoms with van der Waals surface area (Å²) in [5.41, 5.74) is 0.992. The number of benzene rings is 1. The highest BCUT2D eigenvalue weighted by Gasteiger charge is 2.28. The molecule has 7 heteroatoms. The molecule has 2 atom stereocenters. The average molecular weight is 359 g/mol. The van der Waals surface area contributed by atoms with E-state index < -0.39 is 0 Å². The zero-order valence-electron chi connectivity index (χ0n) is 15.6. The molecule has 2 N–H and O–H groups in total. The van der Waals surface area contributed by atoms with Gasteiger partial charge in [0.05, 0.1) is 6.04 Å². The summed E-state index contributed by atoms with van der Waals surface area (Å²) in [6.45, 7) is 8.33. The van der Waals surface area contributed by atoms with E-state index in [-0.39, 0.29) is 17.8 Å². The molecule has 1 aromatic heterocycles. The van der Waals surface area contributed by atoms with Gasteiger partial charge in [-0.25, -0.2) is 9.37 Å². The molecule has 1 aliphatic rings. The third kappa shape index (κ3) is 4.27. The lowest BCUT2D eigenvalue weighted by atomic mass is 10.0. The van der Waals surface area contributed by atoms with Crippen LogP contribution in [0.3, 0.4) is 0 Å². The van der Waals surface area contributed by atoms with Crippen LogP contribution in [0, 0.1) is 25.6 Å². The largest absolute Gasteiger partial charge is 0.352 e. The smallest absolute Gasteiger partial charge is 0.251 e. The van der Waals surface area contributed by atoms with Crippen molar-refractivity contribution in [3.8, 4) is 0 Å². The first-order valence-corrected chi connectivity index (χ1v) is 9.11. The highest BCUT2D eigenvalue weighted by molar-refractivity contribution is 5.94. The summed E-state index contributed by atoms with van der Waals surface area (Å²) in [6, 6.07) is 4.64. The number of likely N-dealkylation sites (tertiary alicyclic amines) is 1. The molecule has 0 aliphatic carbocycles. The number of aromatic amines is 1. The van der Waals surface area contributed by atoms with Gasteiger partial charge < -0.3 is 5.32 Å². The number of halogens is 1. The number of nitrogens with zero attached hydrogens (tertiary/aromatic N) is 3. The van der Waals surface area contributed by atoms with Gasteiger partial charge in [-0.05, 0) is 69.8 Å². The number of rotatable bonds is 6. The van der Waals surface area contributed by atoms with Gasteiger partial charge >= 0.3 is 0 Å². The van der Waals surface area contributed by atoms with E-state index >= 15 is 0 Å². The minimum Gasteiger partial charge on any atom is -0.352 e. The van der Waals surface area contributed by atoms with Crippen LogP contribution in [0.4, 0.5) is 4.39 Å². The van der Waals surface area contributed by atoms with E-state index in [1.54, 1.807) is 13.0 Å². The van der Waals surface area contributed by atoms with Gasteiger partial charge in [-0.15, -0.1) is 0 Å². The molecule has 2 heterocycles. The Bertz CT molecular complexity index is 775. The van der Waals surface area contributed by atoms with Crippen molar-refractivity contribution in [1.29, 1.82) is 0 Å². The monoisotopic (exact) mass is 359 g/mol. The Hall–Kier alpha value is -2.28. The Balaban J connectivity index is 1.44. The first kappa shape index (κ1) is 18.5. The maximum Gasteiger partial charge on any atom is 0.251 e. The molecule has 1 aromatic carbocycles. The molecule has 0 spiro atoms. The number of hydrogen-bond acceptors (Lipinski definition) is 4. The van der Waals surface area contributed by atoms with Gasteiger partial charge in [0, 0.05) is 18.7 Å². The van der Waals surface area contributed by atoms with Crippen LogP contribution in [0.2, 0.25) is 0 Å². The van der Waals surface area contributed by atoms with Gasteiger partial charge in [-0.3, -0.25) is 14.8 Å². The first-order chi connectivity index (χ1) is 12.4. The standard InChI is InChI=1S/C19H26FN5O/c1-12-10-16(4-5-17(12)20)19(26)21-8-6-15-7-9-25(11-15)13(2)18-22-14(3)23-24-18/h4-5,10,13,15H,6-9,11H2,1-3H3,(H,21,26)(H,22,23,24). The fourth-order valence-electron chi connectivity index (χ4n) is 3.44. The zero-order valence-corrected chi connectivity index (χ0v) is 15.6. The van der Waals surface area contributed by atoms with Crippen molar-refractivity contribution in [2.75, 3.05) is 19.6 Å². The first-order valence-electron chi connectivity index (χ1n) is 9.11. The Morgan fingerprint density at radius 3 is 2.96 bits per heavy atom. The Kier molecular flexibility index (Phi) is 5.66. The van der Waals surface area contributed by atoms with Crippen molar-refractivity contribution in [2.45, 2.75) is 39.7 Å². The van der Waals surface area contributed by atoms with Crippen LogP contribution < -0.4 is 5.32 Å². The highest BCUT2D eigenvalue weighted by atomic mass is 19.1. The number of nitrogens with one attached hydrogen (secondary N) is 2. The van der Waals surface area contributed by atoms with Gasteiger partial charge in [0.2, 0.25) is 0 Å². The number of carbonyl (C=O) groups excluding carboxylic acids is 1. The van der Waals surface area contributed by atoms with Crippen LogP contribution in [0.1, 0.15) is 53.4 Å². The quantitative estimate of drug-likeness (QED) is 0.832. The van der Waals surface area contributed by atoms with E-state index in [0.29, 0.717) is 23.6 Å². The van der Waals surface area contributed by atoms with Crippen LogP contribution in [0.25, 0.3) is 0 Å². The van der Waals surface area contributed by atoms with Crippen LogP contribution in [-0.2, 0) is 0 Å². The molecule has 26 heavy (non-hydrogen) atoms. The molecular weight excluding hydrogens is 333 g/mol. The number of H-pyrrole nitrogens is 1. The van der Waals surface area contributed by atoms with Crippen molar-refractivity contribution < 1.29 is 9.18 Å². The van der Waals surface area contributed by atoms with E-state index in [1.165, 1.54) is 12.1 Å². The number of amides is 1. The van der Waals surface area contributed by atoms with Crippen molar-refractivity contribution >= 4 is 5.91 Å². The summed E-state index contributed by atoms with van der Waals surface area (Å²) in [4.78, 5) is 19.0. The lowest BCUT2D eigenvalue weighted by Gasteiger charge is -2.21. The van der Waals surface area contributed by atoms with Gasteiger partial charge in [0.1, 0.15) is 11.6 Å². The minimum absolute atomic E-state index is 0.146. The van der Waals surface area contributed by atoms with Crippen molar-refractivity contribution in [3.63, 3.8) is 0 Å². The molecule has 0 radical (unpaired) electrons. The van der Waals surface area contributed by atoms with E-state index in [1.807, 2.05) is 6.92 Å². The average Bonchev–Trinajstić information content (AvgIpc) is 3.26. The second-order valence-corrected chi connectivity index (χ2v) is 7.11. The second kappa shape index (κ2) is 7.95. The minimum atomic E-state index is -0.289. The SMILES string of the molecule is Cc1nc(C(C)N2CCC(CCNC(=O)c3ccc(F)c(C)c3)C2)n[nH]1. The van der Waals surface area contributed by atoms with Crippen LogP contribution in [0.5, 0.6) is 0 Å². The highest BCUT2D eigenvalue weighted by Crippen LogP contribution is 2.27. The predicted molar refractivity (Wildman–Crippen MR) is 97.3 cm³/mol. The van der Waals surface area contributed by atoms with Crippen molar-refractivity contribution in [3.05, 3.63) is 46.8 Å². The molecule has 140 valence electrons. The summed E-state index contributed by atoms with van der Waals surface area (Å²) in [7, 11) is 0. The summed E-state index contributed by atoms with van der Waals surface area (Å²) >= 11 is 0. The molecule has 3 rings (SSSR count). The van der Waals surface area contributed by atoms with Crippen LogP contribution >= 0.6 is 0 Å². The topological polar surface area (TPSA) is 73.9 Å². The second-order valence-electron chi connectivity index (χ2n) is 7.11. The Morgan fingerprint density at radius 2 is 2.27 bits per heavy atom. The van der Waals surface area contributed by atoms with Crippen LogP contribution in [-0.4, -0.2) is 45.6 Å². The maximum absolute atomic E-state index is 13.3. The zero-order chi connectivity index (χ0) is 18.7. The summed E-state index contributed by atoms with van der Waals surface area (Å²) < 4.78 is 13.3. The molecule has 2 aromatic rings. The summed E-state index contributed by atoms with van der Waals surface area (Å²) in [5, 5.41) is 10.1. The van der Waals surface area contributed by atoms with E-state index in [2.05, 4.69) is 32.3 Å². The van der Waals surface area contributed by atoms with Gasteiger partial charge in [0.15, 0.2) is 5.82 Å². The Morgan fingerprint density at radius 1 is 1.46 bits per heavy atom. The van der Waals surface area contributed by atoms with Crippen molar-refractivity contribution in [1.82, 2.24) is 25.4 Å². The van der Waals surface area contributed by atoms with Gasteiger partial charge in [0.25, 0.3) is 5.91 Å². The number of carbonyl (C=O) groups is 1. The fourth-order valence-corrected chi connectivity index (χ4v) is 3.44. The molecule has 0 bridgehead atoms. The molecule has 6 nitrogen and oxygen atoms in total. The normalized spacial score (nSPS) is 18.8. The number of hydrogen-bond donors (Lipinski definition) is 2. The molecule has 1 aliphatic heterocycles.